The molecule has 3 aromatic carbocycles. The molecule has 9 heteroatoms. The molecule has 0 spiro atoms. The Bertz CT molecular complexity index is 1390. The van der Waals surface area contributed by atoms with Gasteiger partial charge in [0.25, 0.3) is 0 Å². The minimum Gasteiger partial charge on any atom is -0.493 e. The summed E-state index contributed by atoms with van der Waals surface area (Å²) in [5.74, 6) is 1.41. The highest BCUT2D eigenvalue weighted by Crippen LogP contribution is 2.49. The molecule has 0 aliphatic carbocycles. The van der Waals surface area contributed by atoms with Crippen molar-refractivity contribution in [3.05, 3.63) is 76.9 Å². The third-order valence-corrected chi connectivity index (χ3v) is 6.63. The summed E-state index contributed by atoms with van der Waals surface area (Å²) in [6.45, 7) is 1.02. The summed E-state index contributed by atoms with van der Waals surface area (Å²) >= 11 is 0. The van der Waals surface area contributed by atoms with Crippen molar-refractivity contribution in [3.63, 3.8) is 0 Å². The van der Waals surface area contributed by atoms with Gasteiger partial charge in [-0.25, -0.2) is 9.80 Å². The van der Waals surface area contributed by atoms with Crippen LogP contribution in [-0.2, 0) is 0 Å². The second-order valence-corrected chi connectivity index (χ2v) is 8.58. The van der Waals surface area contributed by atoms with Crippen LogP contribution in [0, 0.1) is 0 Å². The number of hydrogen-bond donors (Lipinski definition) is 1. The van der Waals surface area contributed by atoms with Crippen LogP contribution in [0.2, 0.25) is 0 Å². The van der Waals surface area contributed by atoms with E-state index in [1.54, 1.807) is 12.1 Å². The molecule has 6 rings (SSSR count). The van der Waals surface area contributed by atoms with Crippen LogP contribution in [0.5, 0.6) is 28.7 Å². The van der Waals surface area contributed by atoms with Gasteiger partial charge >= 0.3 is 5.97 Å². The number of hydrazone groups is 1. The third-order valence-electron chi connectivity index (χ3n) is 6.63. The van der Waals surface area contributed by atoms with Crippen LogP contribution in [0.25, 0.3) is 0 Å². The monoisotopic (exact) mass is 488 g/mol. The van der Waals surface area contributed by atoms with Crippen molar-refractivity contribution >= 4 is 11.7 Å². The van der Waals surface area contributed by atoms with Gasteiger partial charge in [0.2, 0.25) is 6.23 Å². The van der Waals surface area contributed by atoms with Crippen LogP contribution >= 0.6 is 0 Å². The average Bonchev–Trinajstić information content (AvgIpc) is 3.37. The van der Waals surface area contributed by atoms with E-state index in [4.69, 9.17) is 28.8 Å². The highest BCUT2D eigenvalue weighted by Gasteiger charge is 2.43. The van der Waals surface area contributed by atoms with Gasteiger partial charge in [0.1, 0.15) is 24.5 Å². The molecule has 3 aromatic rings. The first-order chi connectivity index (χ1) is 17.6. The van der Waals surface area contributed by atoms with Crippen LogP contribution in [0.1, 0.15) is 45.7 Å². The van der Waals surface area contributed by atoms with E-state index in [1.165, 1.54) is 14.2 Å². The number of ether oxygens (including phenoxy) is 5. The molecule has 3 aliphatic heterocycles. The highest BCUT2D eigenvalue weighted by atomic mass is 16.6. The fourth-order valence-corrected chi connectivity index (χ4v) is 5.01. The maximum atomic E-state index is 12.4. The van der Waals surface area contributed by atoms with Crippen molar-refractivity contribution in [1.82, 2.24) is 5.01 Å². The van der Waals surface area contributed by atoms with Gasteiger partial charge in [-0.3, -0.25) is 0 Å². The van der Waals surface area contributed by atoms with Gasteiger partial charge in [-0.1, -0.05) is 18.2 Å². The molecule has 36 heavy (non-hydrogen) atoms. The standard InChI is InChI=1S/C27H24N2O7/c1-32-22-10-8-17(24(27(30)31)25(22)33-2)26-29-19(16-5-3-4-6-20(16)36-26)14-18(28-29)15-7-9-21-23(13-15)35-12-11-34-21/h3-10,13,19,26H,11-12,14H2,1-2H3,(H,30,31). The largest absolute Gasteiger partial charge is 0.493 e. The SMILES string of the molecule is COc1ccc(C2Oc3ccccc3C3CC(c4ccc5c(c4)OCCO5)=NN32)c(C(=O)O)c1OC. The zero-order valence-corrected chi connectivity index (χ0v) is 19.8. The fraction of sp³-hybridized carbons (Fsp3) is 0.259. The van der Waals surface area contributed by atoms with Crippen LogP contribution < -0.4 is 23.7 Å². The molecule has 0 saturated heterocycles. The van der Waals surface area contributed by atoms with E-state index in [0.29, 0.717) is 48.2 Å². The van der Waals surface area contributed by atoms with Gasteiger partial charge in [0.15, 0.2) is 23.0 Å². The topological polar surface area (TPSA) is 99.1 Å². The maximum absolute atomic E-state index is 12.4. The Morgan fingerprint density at radius 2 is 1.78 bits per heavy atom. The summed E-state index contributed by atoms with van der Waals surface area (Å²) in [7, 11) is 2.89. The van der Waals surface area contributed by atoms with Crippen LogP contribution in [0.4, 0.5) is 0 Å². The summed E-state index contributed by atoms with van der Waals surface area (Å²) < 4.78 is 28.6. The molecule has 0 amide bonds. The molecular formula is C27H24N2O7. The Balaban J connectivity index is 1.47. The number of rotatable bonds is 5. The van der Waals surface area contributed by atoms with E-state index < -0.39 is 12.2 Å². The third kappa shape index (κ3) is 3.46. The highest BCUT2D eigenvalue weighted by molar-refractivity contribution is 6.02. The van der Waals surface area contributed by atoms with Crippen LogP contribution in [0.3, 0.4) is 0 Å². The van der Waals surface area contributed by atoms with Gasteiger partial charge in [-0.2, -0.15) is 5.10 Å². The molecule has 9 nitrogen and oxygen atoms in total. The number of methoxy groups -OCH3 is 2. The van der Waals surface area contributed by atoms with E-state index in [2.05, 4.69) is 0 Å². The molecule has 2 unspecified atom stereocenters. The smallest absolute Gasteiger partial charge is 0.340 e. The van der Waals surface area contributed by atoms with Crippen molar-refractivity contribution in [3.8, 4) is 28.7 Å². The lowest BCUT2D eigenvalue weighted by molar-refractivity contribution is -0.0199. The van der Waals surface area contributed by atoms with Gasteiger partial charge in [-0.15, -0.1) is 0 Å². The van der Waals surface area contributed by atoms with Gasteiger partial charge in [0, 0.05) is 23.1 Å². The minimum atomic E-state index is -1.14. The Hall–Kier alpha value is -4.40. The molecule has 3 aliphatic rings. The summed E-state index contributed by atoms with van der Waals surface area (Å²) in [6, 6.07) is 16.8. The summed E-state index contributed by atoms with van der Waals surface area (Å²) in [5, 5.41) is 16.9. The summed E-state index contributed by atoms with van der Waals surface area (Å²) in [6.07, 6.45) is -0.169. The predicted molar refractivity (Wildman–Crippen MR) is 129 cm³/mol. The summed E-state index contributed by atoms with van der Waals surface area (Å²) in [4.78, 5) is 12.4. The Kier molecular flexibility index (Phi) is 5.32. The maximum Gasteiger partial charge on any atom is 0.340 e. The molecule has 0 radical (unpaired) electrons. The number of carboxylic acids is 1. The van der Waals surface area contributed by atoms with Crippen molar-refractivity contribution in [2.24, 2.45) is 5.10 Å². The Morgan fingerprint density at radius 1 is 0.972 bits per heavy atom. The van der Waals surface area contributed by atoms with Crippen molar-refractivity contribution < 1.29 is 33.6 Å². The molecule has 184 valence electrons. The van der Waals surface area contributed by atoms with Crippen LogP contribution in [0.15, 0.2) is 59.7 Å². The number of para-hydroxylation sites is 1. The predicted octanol–water partition coefficient (Wildman–Crippen LogP) is 4.42. The second kappa shape index (κ2) is 8.67. The molecule has 1 N–H and O–H groups in total. The molecule has 0 saturated carbocycles. The van der Waals surface area contributed by atoms with E-state index in [1.807, 2.05) is 47.5 Å². The van der Waals surface area contributed by atoms with Gasteiger partial charge < -0.3 is 28.8 Å². The molecule has 0 fully saturated rings. The first-order valence-corrected chi connectivity index (χ1v) is 11.6. The first-order valence-electron chi connectivity index (χ1n) is 11.6. The number of fused-ring (bicyclic) bond motifs is 4. The lowest BCUT2D eigenvalue weighted by atomic mass is 9.95. The molecule has 3 heterocycles. The second-order valence-electron chi connectivity index (χ2n) is 8.58. The number of carbonyl (C=O) groups is 1. The number of hydrogen-bond acceptors (Lipinski definition) is 8. The molecular weight excluding hydrogens is 464 g/mol. The van der Waals surface area contributed by atoms with Crippen molar-refractivity contribution in [2.75, 3.05) is 27.4 Å². The lowest BCUT2D eigenvalue weighted by Crippen LogP contribution is -2.34. The van der Waals surface area contributed by atoms with Gasteiger partial charge in [-0.05, 0) is 36.4 Å². The zero-order chi connectivity index (χ0) is 24.8. The lowest BCUT2D eigenvalue weighted by Gasteiger charge is -2.38. The first kappa shape index (κ1) is 22.1. The number of benzene rings is 3. The fourth-order valence-electron chi connectivity index (χ4n) is 5.01. The Morgan fingerprint density at radius 3 is 2.56 bits per heavy atom. The Labute approximate surface area is 207 Å². The molecule has 0 aromatic heterocycles. The molecule has 2 atom stereocenters. The van der Waals surface area contributed by atoms with Crippen molar-refractivity contribution in [2.45, 2.75) is 18.7 Å². The quantitative estimate of drug-likeness (QED) is 0.564. The number of carboxylic acid groups (broad SMARTS) is 1. The minimum absolute atomic E-state index is 0.0250. The number of nitrogens with zero attached hydrogens (tertiary/aromatic N) is 2. The van der Waals surface area contributed by atoms with E-state index in [-0.39, 0.29) is 17.4 Å². The summed E-state index contributed by atoms with van der Waals surface area (Å²) in [5.41, 5.74) is 3.15. The normalized spacial score (nSPS) is 19.5. The number of aromatic carboxylic acids is 1. The zero-order valence-electron chi connectivity index (χ0n) is 19.8. The van der Waals surface area contributed by atoms with E-state index in [0.717, 1.165) is 16.8 Å². The van der Waals surface area contributed by atoms with E-state index >= 15 is 0 Å². The van der Waals surface area contributed by atoms with Gasteiger partial charge in [0.05, 0.1) is 26.0 Å². The van der Waals surface area contributed by atoms with Crippen molar-refractivity contribution in [1.29, 1.82) is 0 Å². The van der Waals surface area contributed by atoms with Crippen LogP contribution in [-0.4, -0.2) is 49.2 Å². The van der Waals surface area contributed by atoms with E-state index in [9.17, 15) is 9.90 Å². The average molecular weight is 488 g/mol. The molecule has 0 bridgehead atoms.